The van der Waals surface area contributed by atoms with E-state index >= 15 is 0 Å². The highest BCUT2D eigenvalue weighted by Crippen LogP contribution is 2.12. The van der Waals surface area contributed by atoms with Crippen LogP contribution >= 0.6 is 0 Å². The third-order valence-electron chi connectivity index (χ3n) is 1.59. The van der Waals surface area contributed by atoms with Crippen LogP contribution < -0.4 is 5.32 Å². The van der Waals surface area contributed by atoms with E-state index in [0.717, 1.165) is 5.56 Å². The average Bonchev–Trinajstić information content (AvgIpc) is 2.01. The average molecular weight is 201 g/mol. The first-order valence-corrected chi connectivity index (χ1v) is 5.34. The zero-order chi connectivity index (χ0) is 9.90. The smallest absolute Gasteiger partial charge is 0.283 e. The number of benzene rings is 1. The van der Waals surface area contributed by atoms with Gasteiger partial charge < -0.3 is 5.32 Å². The molecule has 5 heteroatoms. The molecular weight excluding hydrogens is 190 g/mol. The molecule has 0 saturated carbocycles. The topological polar surface area (TPSA) is 66.4 Å². The molecular formula is C8H11NO3S. The van der Waals surface area contributed by atoms with Crippen LogP contribution in [0.4, 0.5) is 5.69 Å². The molecule has 0 aliphatic carbocycles. The van der Waals surface area contributed by atoms with Gasteiger partial charge in [0.05, 0.1) is 0 Å². The van der Waals surface area contributed by atoms with Crippen molar-refractivity contribution < 1.29 is 13.0 Å². The highest BCUT2D eigenvalue weighted by atomic mass is 32.2. The van der Waals surface area contributed by atoms with E-state index in [2.05, 4.69) is 5.32 Å². The van der Waals surface area contributed by atoms with E-state index in [1.54, 1.807) is 12.1 Å². The lowest BCUT2D eigenvalue weighted by atomic mass is 10.2. The molecule has 0 aromatic heterocycles. The first-order chi connectivity index (χ1) is 5.99. The van der Waals surface area contributed by atoms with Crippen LogP contribution in [0.1, 0.15) is 5.56 Å². The highest BCUT2D eigenvalue weighted by Gasteiger charge is 2.03. The van der Waals surface area contributed by atoms with Crippen molar-refractivity contribution in [1.82, 2.24) is 0 Å². The van der Waals surface area contributed by atoms with Crippen molar-refractivity contribution in [2.75, 3.05) is 11.2 Å². The van der Waals surface area contributed by atoms with Crippen LogP contribution in [0.2, 0.25) is 0 Å². The Morgan fingerprint density at radius 3 is 2.54 bits per heavy atom. The van der Waals surface area contributed by atoms with Crippen molar-refractivity contribution >= 4 is 15.8 Å². The second-order valence-corrected chi connectivity index (χ2v) is 4.17. The fraction of sp³-hybridized carbons (Fsp3) is 0.250. The SMILES string of the molecule is Cc1ccccc1NCS(=O)(=O)O. The lowest BCUT2D eigenvalue weighted by Gasteiger charge is -2.06. The number of nitrogens with one attached hydrogen (secondary N) is 1. The fourth-order valence-corrected chi connectivity index (χ4v) is 1.28. The van der Waals surface area contributed by atoms with Crippen molar-refractivity contribution in [3.8, 4) is 0 Å². The molecule has 0 heterocycles. The maximum absolute atomic E-state index is 10.4. The summed E-state index contributed by atoms with van der Waals surface area (Å²) in [7, 11) is -3.95. The van der Waals surface area contributed by atoms with Crippen molar-refractivity contribution in [2.45, 2.75) is 6.92 Å². The number of rotatable bonds is 3. The first-order valence-electron chi connectivity index (χ1n) is 3.74. The number of aryl methyl sites for hydroxylation is 1. The molecule has 0 bridgehead atoms. The van der Waals surface area contributed by atoms with Crippen LogP contribution in [0.5, 0.6) is 0 Å². The maximum atomic E-state index is 10.4. The zero-order valence-electron chi connectivity index (χ0n) is 7.19. The lowest BCUT2D eigenvalue weighted by Crippen LogP contribution is -2.13. The minimum absolute atomic E-state index is 0.460. The minimum atomic E-state index is -3.95. The van der Waals surface area contributed by atoms with Crippen LogP contribution in [0.15, 0.2) is 24.3 Å². The Hall–Kier alpha value is -1.07. The molecule has 0 radical (unpaired) electrons. The van der Waals surface area contributed by atoms with Gasteiger partial charge in [0.2, 0.25) is 0 Å². The van der Waals surface area contributed by atoms with Gasteiger partial charge in [-0.05, 0) is 18.6 Å². The molecule has 1 aromatic carbocycles. The number of hydrogen-bond donors (Lipinski definition) is 2. The van der Waals surface area contributed by atoms with Crippen LogP contribution in [0.3, 0.4) is 0 Å². The quantitative estimate of drug-likeness (QED) is 0.722. The molecule has 0 amide bonds. The van der Waals surface area contributed by atoms with Gasteiger partial charge in [-0.3, -0.25) is 4.55 Å². The zero-order valence-corrected chi connectivity index (χ0v) is 8.00. The molecule has 72 valence electrons. The van der Waals surface area contributed by atoms with E-state index in [-0.39, 0.29) is 0 Å². The van der Waals surface area contributed by atoms with Crippen LogP contribution in [0.25, 0.3) is 0 Å². The summed E-state index contributed by atoms with van der Waals surface area (Å²) in [6.07, 6.45) is 0. The molecule has 0 spiro atoms. The molecule has 13 heavy (non-hydrogen) atoms. The predicted molar refractivity (Wildman–Crippen MR) is 51.2 cm³/mol. The number of para-hydroxylation sites is 1. The lowest BCUT2D eigenvalue weighted by molar-refractivity contribution is 0.485. The van der Waals surface area contributed by atoms with Gasteiger partial charge in [0.1, 0.15) is 5.88 Å². The Morgan fingerprint density at radius 2 is 2.00 bits per heavy atom. The van der Waals surface area contributed by atoms with Gasteiger partial charge in [-0.2, -0.15) is 8.42 Å². The standard InChI is InChI=1S/C8H11NO3S/c1-7-4-2-3-5-8(7)9-6-13(10,11)12/h2-5,9H,6H2,1H3,(H,10,11,12). The molecule has 0 atom stereocenters. The molecule has 0 saturated heterocycles. The van der Waals surface area contributed by atoms with E-state index < -0.39 is 16.0 Å². The van der Waals surface area contributed by atoms with Crippen molar-refractivity contribution in [2.24, 2.45) is 0 Å². The van der Waals surface area contributed by atoms with Crippen molar-refractivity contribution in [1.29, 1.82) is 0 Å². The Labute approximate surface area is 77.3 Å². The van der Waals surface area contributed by atoms with Gasteiger partial charge in [-0.15, -0.1) is 0 Å². The third-order valence-corrected chi connectivity index (χ3v) is 2.10. The van der Waals surface area contributed by atoms with Gasteiger partial charge in [0.15, 0.2) is 0 Å². The van der Waals surface area contributed by atoms with E-state index in [1.165, 1.54) is 0 Å². The number of anilines is 1. The van der Waals surface area contributed by atoms with Crippen molar-refractivity contribution in [3.63, 3.8) is 0 Å². The number of hydrogen-bond acceptors (Lipinski definition) is 3. The third kappa shape index (κ3) is 3.43. The van der Waals surface area contributed by atoms with Crippen LogP contribution in [-0.4, -0.2) is 18.8 Å². The minimum Gasteiger partial charge on any atom is -0.369 e. The van der Waals surface area contributed by atoms with Crippen LogP contribution in [-0.2, 0) is 10.1 Å². The summed E-state index contributed by atoms with van der Waals surface area (Å²) in [5, 5.41) is 2.61. The van der Waals surface area contributed by atoms with Gasteiger partial charge >= 0.3 is 0 Å². The van der Waals surface area contributed by atoms with Gasteiger partial charge in [-0.1, -0.05) is 18.2 Å². The summed E-state index contributed by atoms with van der Waals surface area (Å²) in [5.41, 5.74) is 1.64. The van der Waals surface area contributed by atoms with Gasteiger partial charge in [-0.25, -0.2) is 0 Å². The normalized spacial score (nSPS) is 11.2. The molecule has 4 nitrogen and oxygen atoms in total. The summed E-state index contributed by atoms with van der Waals surface area (Å²) in [6, 6.07) is 7.25. The Morgan fingerprint density at radius 1 is 1.38 bits per heavy atom. The molecule has 1 rings (SSSR count). The maximum Gasteiger partial charge on any atom is 0.283 e. The molecule has 0 unspecified atom stereocenters. The van der Waals surface area contributed by atoms with Crippen molar-refractivity contribution in [3.05, 3.63) is 29.8 Å². The van der Waals surface area contributed by atoms with E-state index in [9.17, 15) is 8.42 Å². The summed E-state index contributed by atoms with van der Waals surface area (Å²) in [4.78, 5) is 0. The first kappa shape index (κ1) is 10.0. The predicted octanol–water partition coefficient (Wildman–Crippen LogP) is 1.25. The summed E-state index contributed by atoms with van der Waals surface area (Å²) in [6.45, 7) is 1.85. The Bertz CT molecular complexity index is 386. The second kappa shape index (κ2) is 3.76. The molecule has 1 aromatic rings. The largest absolute Gasteiger partial charge is 0.369 e. The molecule has 2 N–H and O–H groups in total. The van der Waals surface area contributed by atoms with Gasteiger partial charge in [0, 0.05) is 5.69 Å². The molecule has 0 aliphatic rings. The second-order valence-electron chi connectivity index (χ2n) is 2.72. The van der Waals surface area contributed by atoms with Crippen LogP contribution in [0, 0.1) is 6.92 Å². The van der Waals surface area contributed by atoms with Gasteiger partial charge in [0.25, 0.3) is 10.1 Å². The summed E-state index contributed by atoms with van der Waals surface area (Å²) < 4.78 is 29.3. The Balaban J connectivity index is 2.71. The molecule has 0 aliphatic heterocycles. The molecule has 0 fully saturated rings. The Kier molecular flexibility index (Phi) is 2.90. The summed E-state index contributed by atoms with van der Waals surface area (Å²) >= 11 is 0. The fourth-order valence-electron chi connectivity index (χ4n) is 0.940. The van der Waals surface area contributed by atoms with E-state index in [1.807, 2.05) is 19.1 Å². The highest BCUT2D eigenvalue weighted by molar-refractivity contribution is 7.85. The van der Waals surface area contributed by atoms with E-state index in [0.29, 0.717) is 5.69 Å². The van der Waals surface area contributed by atoms with E-state index in [4.69, 9.17) is 4.55 Å². The monoisotopic (exact) mass is 201 g/mol. The summed E-state index contributed by atoms with van der Waals surface area (Å²) in [5.74, 6) is -0.460.